The average molecular weight is 237 g/mol. The van der Waals surface area contributed by atoms with Gasteiger partial charge in [0.1, 0.15) is 6.61 Å². The van der Waals surface area contributed by atoms with E-state index >= 15 is 0 Å². The van der Waals surface area contributed by atoms with Gasteiger partial charge in [0.2, 0.25) is 0 Å². The summed E-state index contributed by atoms with van der Waals surface area (Å²) in [5.41, 5.74) is 0.952. The quantitative estimate of drug-likeness (QED) is 0.781. The highest BCUT2D eigenvalue weighted by molar-refractivity contribution is 6.30. The van der Waals surface area contributed by atoms with E-state index in [1.54, 1.807) is 30.3 Å². The van der Waals surface area contributed by atoms with Gasteiger partial charge in [-0.3, -0.25) is 0 Å². The van der Waals surface area contributed by atoms with Gasteiger partial charge in [-0.2, -0.15) is 0 Å². The lowest BCUT2D eigenvalue weighted by Crippen LogP contribution is -1.96. The Morgan fingerprint density at radius 3 is 2.38 bits per heavy atom. The van der Waals surface area contributed by atoms with Crippen LogP contribution in [0.2, 0.25) is 5.02 Å². The Morgan fingerprint density at radius 2 is 1.69 bits per heavy atom. The molecule has 0 radical (unpaired) electrons. The van der Waals surface area contributed by atoms with Crippen LogP contribution in [0.5, 0.6) is 5.75 Å². The summed E-state index contributed by atoms with van der Waals surface area (Å²) in [6, 6.07) is 13.6. The Morgan fingerprint density at radius 1 is 1.00 bits per heavy atom. The van der Waals surface area contributed by atoms with Crippen molar-refractivity contribution in [3.8, 4) is 5.75 Å². The Bertz CT molecular complexity index is 468. The van der Waals surface area contributed by atoms with Crippen LogP contribution in [-0.2, 0) is 6.61 Å². The predicted molar refractivity (Wildman–Crippen MR) is 62.2 cm³/mol. The van der Waals surface area contributed by atoms with E-state index in [1.165, 1.54) is 6.07 Å². The van der Waals surface area contributed by atoms with Gasteiger partial charge < -0.3 is 4.74 Å². The maximum Gasteiger partial charge on any atom is 0.165 e. The molecule has 16 heavy (non-hydrogen) atoms. The summed E-state index contributed by atoms with van der Waals surface area (Å²) in [5.74, 6) is -0.0890. The molecule has 0 aliphatic carbocycles. The minimum Gasteiger partial charge on any atom is -0.486 e. The van der Waals surface area contributed by atoms with Crippen LogP contribution < -0.4 is 4.74 Å². The van der Waals surface area contributed by atoms with Crippen molar-refractivity contribution in [1.29, 1.82) is 0 Å². The van der Waals surface area contributed by atoms with Gasteiger partial charge in [0.15, 0.2) is 11.6 Å². The van der Waals surface area contributed by atoms with Crippen molar-refractivity contribution in [2.24, 2.45) is 0 Å². The van der Waals surface area contributed by atoms with Crippen molar-refractivity contribution in [2.45, 2.75) is 6.61 Å². The van der Waals surface area contributed by atoms with E-state index in [1.807, 2.05) is 12.1 Å². The highest BCUT2D eigenvalue weighted by Gasteiger charge is 2.01. The topological polar surface area (TPSA) is 9.23 Å². The molecule has 82 valence electrons. The molecule has 0 heterocycles. The third kappa shape index (κ3) is 2.74. The van der Waals surface area contributed by atoms with Crippen LogP contribution in [0.25, 0.3) is 0 Å². The largest absolute Gasteiger partial charge is 0.486 e. The summed E-state index contributed by atoms with van der Waals surface area (Å²) in [7, 11) is 0. The first-order valence-electron chi connectivity index (χ1n) is 4.87. The zero-order valence-electron chi connectivity index (χ0n) is 8.49. The maximum absolute atomic E-state index is 13.2. The first-order chi connectivity index (χ1) is 7.75. The van der Waals surface area contributed by atoms with Crippen molar-refractivity contribution >= 4 is 11.6 Å². The lowest BCUT2D eigenvalue weighted by Gasteiger charge is -2.06. The molecule has 2 rings (SSSR count). The van der Waals surface area contributed by atoms with Gasteiger partial charge in [-0.25, -0.2) is 4.39 Å². The summed E-state index contributed by atoms with van der Waals surface area (Å²) in [6.07, 6.45) is 0. The third-order valence-corrected chi connectivity index (χ3v) is 2.40. The SMILES string of the molecule is Fc1ccccc1OCc1ccc(Cl)cc1. The number of hydrogen-bond acceptors (Lipinski definition) is 1. The fourth-order valence-electron chi connectivity index (χ4n) is 1.30. The first kappa shape index (κ1) is 11.0. The zero-order valence-corrected chi connectivity index (χ0v) is 9.25. The van der Waals surface area contributed by atoms with E-state index in [9.17, 15) is 4.39 Å². The number of rotatable bonds is 3. The Hall–Kier alpha value is -1.54. The molecule has 0 N–H and O–H groups in total. The number of ether oxygens (including phenoxy) is 1. The number of halogens is 2. The van der Waals surface area contributed by atoms with Crippen LogP contribution in [0.15, 0.2) is 48.5 Å². The molecule has 0 aliphatic heterocycles. The van der Waals surface area contributed by atoms with Gasteiger partial charge in [0.25, 0.3) is 0 Å². The van der Waals surface area contributed by atoms with Crippen molar-refractivity contribution in [1.82, 2.24) is 0 Å². The fourth-order valence-corrected chi connectivity index (χ4v) is 1.43. The molecule has 0 saturated heterocycles. The van der Waals surface area contributed by atoms with Crippen LogP contribution in [0.1, 0.15) is 5.56 Å². The minimum absolute atomic E-state index is 0.262. The second-order valence-corrected chi connectivity index (χ2v) is 3.78. The summed E-state index contributed by atoms with van der Waals surface area (Å²) in [6.45, 7) is 0.331. The molecular weight excluding hydrogens is 227 g/mol. The standard InChI is InChI=1S/C13H10ClFO/c14-11-7-5-10(6-8-11)9-16-13-4-2-1-3-12(13)15/h1-8H,9H2. The summed E-state index contributed by atoms with van der Waals surface area (Å²) >= 11 is 5.75. The molecule has 0 bridgehead atoms. The van der Waals surface area contributed by atoms with Crippen LogP contribution in [0.3, 0.4) is 0 Å². The monoisotopic (exact) mass is 236 g/mol. The van der Waals surface area contributed by atoms with Crippen LogP contribution in [0, 0.1) is 5.82 Å². The van der Waals surface area contributed by atoms with Gasteiger partial charge in [0.05, 0.1) is 0 Å². The smallest absolute Gasteiger partial charge is 0.165 e. The molecule has 0 spiro atoms. The van der Waals surface area contributed by atoms with Crippen molar-refractivity contribution in [3.05, 3.63) is 64.9 Å². The summed E-state index contributed by atoms with van der Waals surface area (Å²) in [4.78, 5) is 0. The maximum atomic E-state index is 13.2. The van der Waals surface area contributed by atoms with Gasteiger partial charge in [-0.05, 0) is 29.8 Å². The summed E-state index contributed by atoms with van der Waals surface area (Å²) < 4.78 is 18.6. The first-order valence-corrected chi connectivity index (χ1v) is 5.25. The van der Waals surface area contributed by atoms with E-state index in [0.717, 1.165) is 5.56 Å². The Labute approximate surface area is 98.4 Å². The molecule has 0 amide bonds. The molecule has 1 nitrogen and oxygen atoms in total. The normalized spacial score (nSPS) is 10.1. The number of hydrogen-bond donors (Lipinski definition) is 0. The zero-order chi connectivity index (χ0) is 11.4. The molecule has 0 fully saturated rings. The summed E-state index contributed by atoms with van der Waals surface area (Å²) in [5, 5.41) is 0.676. The Balaban J connectivity index is 2.02. The molecule has 0 atom stereocenters. The highest BCUT2D eigenvalue weighted by atomic mass is 35.5. The molecule has 0 aliphatic rings. The average Bonchev–Trinajstić information content (AvgIpc) is 2.30. The minimum atomic E-state index is -0.350. The molecule has 2 aromatic rings. The molecule has 0 saturated carbocycles. The van der Waals surface area contributed by atoms with Gasteiger partial charge >= 0.3 is 0 Å². The van der Waals surface area contributed by atoms with Gasteiger partial charge in [-0.1, -0.05) is 35.9 Å². The van der Waals surface area contributed by atoms with E-state index in [0.29, 0.717) is 11.6 Å². The van der Waals surface area contributed by atoms with E-state index in [4.69, 9.17) is 16.3 Å². The van der Waals surface area contributed by atoms with Gasteiger partial charge in [-0.15, -0.1) is 0 Å². The second kappa shape index (κ2) is 4.99. The van der Waals surface area contributed by atoms with Crippen molar-refractivity contribution < 1.29 is 9.13 Å². The molecule has 0 unspecified atom stereocenters. The van der Waals surface area contributed by atoms with Crippen molar-refractivity contribution in [2.75, 3.05) is 0 Å². The van der Waals surface area contributed by atoms with Crippen LogP contribution >= 0.6 is 11.6 Å². The molecular formula is C13H10ClFO. The third-order valence-electron chi connectivity index (χ3n) is 2.14. The second-order valence-electron chi connectivity index (χ2n) is 3.35. The highest BCUT2D eigenvalue weighted by Crippen LogP contribution is 2.17. The van der Waals surface area contributed by atoms with Gasteiger partial charge in [0, 0.05) is 5.02 Å². The number of benzene rings is 2. The fraction of sp³-hybridized carbons (Fsp3) is 0.0769. The molecule has 2 aromatic carbocycles. The molecule has 3 heteroatoms. The lowest BCUT2D eigenvalue weighted by molar-refractivity contribution is 0.290. The Kier molecular flexibility index (Phi) is 3.42. The van der Waals surface area contributed by atoms with Crippen LogP contribution in [-0.4, -0.2) is 0 Å². The van der Waals surface area contributed by atoms with Crippen molar-refractivity contribution in [3.63, 3.8) is 0 Å². The molecule has 0 aromatic heterocycles. The van der Waals surface area contributed by atoms with E-state index < -0.39 is 0 Å². The lowest BCUT2D eigenvalue weighted by atomic mass is 10.2. The van der Waals surface area contributed by atoms with Crippen LogP contribution in [0.4, 0.5) is 4.39 Å². The number of para-hydroxylation sites is 1. The predicted octanol–water partition coefficient (Wildman–Crippen LogP) is 4.06. The van der Waals surface area contributed by atoms with E-state index in [2.05, 4.69) is 0 Å². The van der Waals surface area contributed by atoms with E-state index in [-0.39, 0.29) is 11.6 Å².